The number of carbonyl (C=O) groups is 1. The zero-order valence-corrected chi connectivity index (χ0v) is 13.5. The van der Waals surface area contributed by atoms with E-state index in [1.54, 1.807) is 9.47 Å². The van der Waals surface area contributed by atoms with Crippen molar-refractivity contribution in [1.29, 1.82) is 0 Å². The zero-order chi connectivity index (χ0) is 17.9. The lowest BCUT2D eigenvalue weighted by atomic mass is 9.94. The highest BCUT2D eigenvalue weighted by Gasteiger charge is 2.37. The Balaban J connectivity index is 1.88. The molecule has 1 saturated carbocycles. The van der Waals surface area contributed by atoms with Crippen molar-refractivity contribution >= 4 is 23.0 Å². The van der Waals surface area contributed by atoms with Crippen molar-refractivity contribution in [2.75, 3.05) is 18.0 Å². The van der Waals surface area contributed by atoms with E-state index in [0.717, 1.165) is 18.9 Å². The average Bonchev–Trinajstić information content (AvgIpc) is 3.32. The van der Waals surface area contributed by atoms with Gasteiger partial charge < -0.3 is 25.0 Å². The van der Waals surface area contributed by atoms with Crippen LogP contribution in [-0.4, -0.2) is 39.4 Å². The number of nitrogens with zero attached hydrogens (tertiary/aromatic N) is 3. The maximum absolute atomic E-state index is 14.5. The van der Waals surface area contributed by atoms with Gasteiger partial charge >= 0.3 is 6.16 Å². The summed E-state index contributed by atoms with van der Waals surface area (Å²) < 4.78 is 20.8. The minimum absolute atomic E-state index is 0.00272. The van der Waals surface area contributed by atoms with Gasteiger partial charge in [0.15, 0.2) is 17.4 Å². The van der Waals surface area contributed by atoms with E-state index in [0.29, 0.717) is 18.7 Å². The second-order valence-electron chi connectivity index (χ2n) is 7.00. The Morgan fingerprint density at radius 1 is 1.48 bits per heavy atom. The van der Waals surface area contributed by atoms with Crippen molar-refractivity contribution in [1.82, 2.24) is 9.55 Å². The number of carboxylic acid groups (broad SMARTS) is 1. The normalized spacial score (nSPS) is 18.9. The number of anilines is 1. The molecular weight excluding hydrogens is 331 g/mol. The number of pyridine rings is 2. The summed E-state index contributed by atoms with van der Waals surface area (Å²) in [4.78, 5) is 29.3. The third-order valence-electron chi connectivity index (χ3n) is 4.45. The van der Waals surface area contributed by atoms with Crippen LogP contribution in [0.1, 0.15) is 25.8 Å². The number of aromatic nitrogens is 2. The lowest BCUT2D eigenvalue weighted by Crippen LogP contribution is -2.66. The SMILES string of the molecule is CC1(N)CN(c2nc3c(cc2F)c(=O)c(OC(=O)O)cn3C2CC2)C1. The molecule has 0 unspecified atom stereocenters. The molecule has 2 fully saturated rings. The molecule has 1 aliphatic carbocycles. The first kappa shape index (κ1) is 15.8. The van der Waals surface area contributed by atoms with Gasteiger partial charge in [-0.05, 0) is 25.8 Å². The van der Waals surface area contributed by atoms with Gasteiger partial charge in [-0.15, -0.1) is 0 Å². The molecule has 0 amide bonds. The molecule has 1 saturated heterocycles. The van der Waals surface area contributed by atoms with Gasteiger partial charge in [-0.2, -0.15) is 0 Å². The molecule has 0 bridgehead atoms. The van der Waals surface area contributed by atoms with Crippen LogP contribution in [0, 0.1) is 5.82 Å². The van der Waals surface area contributed by atoms with E-state index in [1.807, 2.05) is 6.92 Å². The molecule has 4 rings (SSSR count). The molecule has 9 heteroatoms. The number of halogens is 1. The summed E-state index contributed by atoms with van der Waals surface area (Å²) in [7, 11) is 0. The Bertz CT molecular complexity index is 943. The molecule has 2 aromatic rings. The molecule has 3 heterocycles. The standard InChI is InChI=1S/C16H17FN4O4/c1-16(18)6-20(7-16)14-10(17)4-9-12(22)11(25-15(23)24)5-21(8-2-3-8)13(9)19-14/h4-5,8H,2-3,6-7,18H2,1H3,(H,23,24). The van der Waals surface area contributed by atoms with Crippen LogP contribution in [0.25, 0.3) is 11.0 Å². The first-order valence-electron chi connectivity index (χ1n) is 7.95. The Morgan fingerprint density at radius 2 is 2.16 bits per heavy atom. The molecule has 0 aromatic carbocycles. The van der Waals surface area contributed by atoms with Crippen LogP contribution in [0.15, 0.2) is 17.1 Å². The summed E-state index contributed by atoms with van der Waals surface area (Å²) in [5, 5.41) is 8.79. The molecule has 1 aliphatic heterocycles. The summed E-state index contributed by atoms with van der Waals surface area (Å²) in [6.07, 6.45) is 1.51. The Labute approximate surface area is 141 Å². The van der Waals surface area contributed by atoms with Crippen molar-refractivity contribution < 1.29 is 19.0 Å². The second-order valence-corrected chi connectivity index (χ2v) is 7.00. The highest BCUT2D eigenvalue weighted by molar-refractivity contribution is 5.80. The van der Waals surface area contributed by atoms with E-state index >= 15 is 0 Å². The van der Waals surface area contributed by atoms with Gasteiger partial charge in [-0.3, -0.25) is 4.79 Å². The van der Waals surface area contributed by atoms with E-state index in [4.69, 9.17) is 10.8 Å². The third kappa shape index (κ3) is 2.70. The number of fused-ring (bicyclic) bond motifs is 1. The first-order valence-corrected chi connectivity index (χ1v) is 7.95. The highest BCUT2D eigenvalue weighted by atomic mass is 19.1. The summed E-state index contributed by atoms with van der Waals surface area (Å²) >= 11 is 0. The van der Waals surface area contributed by atoms with E-state index in [-0.39, 0.29) is 23.0 Å². The van der Waals surface area contributed by atoms with Crippen molar-refractivity contribution in [2.45, 2.75) is 31.3 Å². The molecular formula is C16H17FN4O4. The average molecular weight is 348 g/mol. The van der Waals surface area contributed by atoms with Crippen LogP contribution >= 0.6 is 0 Å². The molecule has 132 valence electrons. The van der Waals surface area contributed by atoms with Gasteiger partial charge in [0.1, 0.15) is 5.65 Å². The van der Waals surface area contributed by atoms with Crippen LogP contribution in [0.2, 0.25) is 0 Å². The summed E-state index contributed by atoms with van der Waals surface area (Å²) in [6, 6.07) is 1.20. The number of hydrogen-bond acceptors (Lipinski definition) is 6. The van der Waals surface area contributed by atoms with Crippen molar-refractivity contribution in [2.24, 2.45) is 5.73 Å². The monoisotopic (exact) mass is 348 g/mol. The fraction of sp³-hybridized carbons (Fsp3) is 0.438. The van der Waals surface area contributed by atoms with E-state index < -0.39 is 22.9 Å². The molecule has 3 N–H and O–H groups in total. The molecule has 2 aromatic heterocycles. The van der Waals surface area contributed by atoms with Crippen LogP contribution < -0.4 is 20.8 Å². The second kappa shape index (κ2) is 5.16. The minimum Gasteiger partial charge on any atom is -0.449 e. The minimum atomic E-state index is -1.59. The van der Waals surface area contributed by atoms with E-state index in [9.17, 15) is 14.0 Å². The number of ether oxygens (including phenoxy) is 1. The van der Waals surface area contributed by atoms with Crippen molar-refractivity contribution in [3.05, 3.63) is 28.3 Å². The summed E-state index contributed by atoms with van der Waals surface area (Å²) in [6.45, 7) is 2.81. The number of rotatable bonds is 3. The van der Waals surface area contributed by atoms with Gasteiger partial charge in [0, 0.05) is 24.7 Å². The van der Waals surface area contributed by atoms with Gasteiger partial charge in [0.2, 0.25) is 5.43 Å². The van der Waals surface area contributed by atoms with Crippen LogP contribution in [0.3, 0.4) is 0 Å². The lowest BCUT2D eigenvalue weighted by Gasteiger charge is -2.46. The summed E-state index contributed by atoms with van der Waals surface area (Å²) in [5.41, 5.74) is 5.21. The van der Waals surface area contributed by atoms with Gasteiger partial charge in [-0.25, -0.2) is 14.2 Å². The van der Waals surface area contributed by atoms with Crippen molar-refractivity contribution in [3.63, 3.8) is 0 Å². The first-order chi connectivity index (χ1) is 11.7. The van der Waals surface area contributed by atoms with E-state index in [1.165, 1.54) is 6.20 Å². The predicted octanol–water partition coefficient (Wildman–Crippen LogP) is 1.46. The molecule has 8 nitrogen and oxygen atoms in total. The number of hydrogen-bond donors (Lipinski definition) is 2. The molecule has 0 radical (unpaired) electrons. The molecule has 0 atom stereocenters. The van der Waals surface area contributed by atoms with Crippen LogP contribution in [-0.2, 0) is 0 Å². The van der Waals surface area contributed by atoms with Gasteiger partial charge in [-0.1, -0.05) is 0 Å². The lowest BCUT2D eigenvalue weighted by molar-refractivity contribution is 0.143. The molecule has 2 aliphatic rings. The smallest absolute Gasteiger partial charge is 0.449 e. The largest absolute Gasteiger partial charge is 0.511 e. The Kier molecular flexibility index (Phi) is 3.26. The summed E-state index contributed by atoms with van der Waals surface area (Å²) in [5.74, 6) is -0.842. The quantitative estimate of drug-likeness (QED) is 0.808. The highest BCUT2D eigenvalue weighted by Crippen LogP contribution is 2.38. The van der Waals surface area contributed by atoms with Gasteiger partial charge in [0.05, 0.1) is 11.6 Å². The fourth-order valence-corrected chi connectivity index (χ4v) is 3.21. The Morgan fingerprint density at radius 3 is 2.72 bits per heavy atom. The number of nitrogens with two attached hydrogens (primary N) is 1. The third-order valence-corrected chi connectivity index (χ3v) is 4.45. The Hall–Kier alpha value is -2.68. The van der Waals surface area contributed by atoms with E-state index in [2.05, 4.69) is 9.72 Å². The fourth-order valence-electron chi connectivity index (χ4n) is 3.21. The van der Waals surface area contributed by atoms with Crippen molar-refractivity contribution in [3.8, 4) is 5.75 Å². The van der Waals surface area contributed by atoms with Crippen LogP contribution in [0.4, 0.5) is 15.0 Å². The van der Waals surface area contributed by atoms with Crippen LogP contribution in [0.5, 0.6) is 5.75 Å². The maximum Gasteiger partial charge on any atom is 0.511 e. The maximum atomic E-state index is 14.5. The molecule has 0 spiro atoms. The predicted molar refractivity (Wildman–Crippen MR) is 87.7 cm³/mol. The topological polar surface area (TPSA) is 111 Å². The zero-order valence-electron chi connectivity index (χ0n) is 13.5. The van der Waals surface area contributed by atoms with Gasteiger partial charge in [0.25, 0.3) is 0 Å². The molecule has 25 heavy (non-hydrogen) atoms.